The quantitative estimate of drug-likeness (QED) is 0.0939. The van der Waals surface area contributed by atoms with Crippen LogP contribution >= 0.6 is 0 Å². The highest BCUT2D eigenvalue weighted by Gasteiger charge is 2.55. The molecule has 4 heterocycles. The molecule has 2 aromatic carbocycles. The lowest BCUT2D eigenvalue weighted by Gasteiger charge is -2.30. The third kappa shape index (κ3) is 7.92. The van der Waals surface area contributed by atoms with Crippen molar-refractivity contribution in [3.8, 4) is 11.4 Å². The molecule has 8 rings (SSSR count). The van der Waals surface area contributed by atoms with Gasteiger partial charge in [-0.2, -0.15) is 0 Å². The molecule has 0 bridgehead atoms. The summed E-state index contributed by atoms with van der Waals surface area (Å²) in [5.41, 5.74) is 4.63. The highest BCUT2D eigenvalue weighted by Crippen LogP contribution is 2.57. The van der Waals surface area contributed by atoms with Crippen molar-refractivity contribution in [2.24, 2.45) is 10.8 Å². The molecule has 2 aliphatic heterocycles. The van der Waals surface area contributed by atoms with Gasteiger partial charge in [-0.25, -0.2) is 8.78 Å². The van der Waals surface area contributed by atoms with Gasteiger partial charge in [0.2, 0.25) is 23.6 Å². The van der Waals surface area contributed by atoms with Gasteiger partial charge in [0, 0.05) is 47.0 Å². The zero-order valence-electron chi connectivity index (χ0n) is 35.7. The maximum atomic E-state index is 14.9. The second-order valence-corrected chi connectivity index (χ2v) is 18.4. The molecule has 4 aromatic rings. The van der Waals surface area contributed by atoms with E-state index in [0.717, 1.165) is 71.8 Å². The largest absolute Gasteiger partial charge is 0.353 e. The van der Waals surface area contributed by atoms with Crippen LogP contribution in [0.2, 0.25) is 0 Å². The Morgan fingerprint density at radius 3 is 1.40 bits per heavy atom. The van der Waals surface area contributed by atoms with Gasteiger partial charge in [0.15, 0.2) is 0 Å². The molecule has 6 atom stereocenters. The van der Waals surface area contributed by atoms with Gasteiger partial charge >= 0.3 is 0 Å². The van der Waals surface area contributed by atoms with Crippen LogP contribution in [0.25, 0.3) is 33.2 Å². The summed E-state index contributed by atoms with van der Waals surface area (Å²) in [6, 6.07) is 6.85. The second-order valence-electron chi connectivity index (χ2n) is 18.4. The summed E-state index contributed by atoms with van der Waals surface area (Å²) in [6.45, 7) is 8.58. The Kier molecular flexibility index (Phi) is 11.3. The average molecular weight is 827 g/mol. The molecule has 4 aliphatic rings. The number of nitrogens with one attached hydrogen (secondary N) is 6. The molecule has 6 unspecified atom stereocenters. The van der Waals surface area contributed by atoms with E-state index in [1.54, 1.807) is 40.1 Å². The van der Waals surface area contributed by atoms with Crippen molar-refractivity contribution in [1.82, 2.24) is 41.0 Å². The molecule has 4 amide bonds. The van der Waals surface area contributed by atoms with Gasteiger partial charge in [0.1, 0.15) is 23.7 Å². The van der Waals surface area contributed by atoms with E-state index in [9.17, 15) is 28.0 Å². The maximum absolute atomic E-state index is 14.9. The van der Waals surface area contributed by atoms with Crippen LogP contribution in [0.15, 0.2) is 36.4 Å². The fourth-order valence-electron chi connectivity index (χ4n) is 10.00. The molecule has 6 N–H and O–H groups in total. The Labute approximate surface area is 350 Å². The number of carbonyl (C=O) groups is 4. The number of aromatic amines is 2. The van der Waals surface area contributed by atoms with E-state index in [4.69, 9.17) is 0 Å². The van der Waals surface area contributed by atoms with E-state index in [-0.39, 0.29) is 58.2 Å². The van der Waals surface area contributed by atoms with Crippen molar-refractivity contribution in [2.75, 3.05) is 27.2 Å². The predicted octanol–water partition coefficient (Wildman–Crippen LogP) is 5.45. The molecule has 0 radical (unpaired) electrons. The number of amides is 4. The average Bonchev–Trinajstić information content (AvgIpc) is 3.99. The first kappa shape index (κ1) is 41.9. The van der Waals surface area contributed by atoms with Crippen LogP contribution in [0, 0.1) is 22.5 Å². The van der Waals surface area contributed by atoms with Crippen LogP contribution in [0.3, 0.4) is 0 Å². The van der Waals surface area contributed by atoms with Gasteiger partial charge in [-0.05, 0) is 151 Å². The lowest BCUT2D eigenvalue weighted by Crippen LogP contribution is -2.53. The SMILES string of the molecule is CCC(NC(=O)C(C)NC)C(=O)N1CC2(CC2)CC1Cc1c(-c2[nH]c3cc(F)ccc3c2CC2CC3(CC3)CN2C(=O)C(CC)NC(=O)C(C)NC)[nH]c2cc(F)ccc12. The van der Waals surface area contributed by atoms with Crippen molar-refractivity contribution in [1.29, 1.82) is 0 Å². The Morgan fingerprint density at radius 2 is 1.07 bits per heavy atom. The summed E-state index contributed by atoms with van der Waals surface area (Å²) in [5.74, 6) is -1.43. The summed E-state index contributed by atoms with van der Waals surface area (Å²) in [7, 11) is 3.42. The summed E-state index contributed by atoms with van der Waals surface area (Å²) in [4.78, 5) is 65.7. The van der Waals surface area contributed by atoms with Crippen molar-refractivity contribution in [3.05, 3.63) is 59.2 Å². The van der Waals surface area contributed by atoms with Crippen LogP contribution < -0.4 is 21.3 Å². The molecule has 14 heteroatoms. The summed E-state index contributed by atoms with van der Waals surface area (Å²) < 4.78 is 29.9. The number of fused-ring (bicyclic) bond motifs is 2. The Hall–Kier alpha value is -4.82. The normalized spacial score (nSPS) is 22.1. The molecule has 4 fully saturated rings. The Balaban J connectivity index is 1.17. The van der Waals surface area contributed by atoms with E-state index >= 15 is 0 Å². The zero-order valence-corrected chi connectivity index (χ0v) is 35.7. The van der Waals surface area contributed by atoms with E-state index in [1.807, 2.05) is 23.6 Å². The van der Waals surface area contributed by atoms with Crippen molar-refractivity contribution < 1.29 is 28.0 Å². The first-order chi connectivity index (χ1) is 28.7. The van der Waals surface area contributed by atoms with Crippen molar-refractivity contribution in [2.45, 2.75) is 128 Å². The number of halogens is 2. The molecule has 2 saturated heterocycles. The Bertz CT molecular complexity index is 2150. The van der Waals surface area contributed by atoms with Gasteiger partial charge in [-0.1, -0.05) is 13.8 Å². The molecule has 12 nitrogen and oxygen atoms in total. The topological polar surface area (TPSA) is 154 Å². The van der Waals surface area contributed by atoms with E-state index < -0.39 is 24.2 Å². The van der Waals surface area contributed by atoms with Gasteiger partial charge in [0.05, 0.1) is 23.5 Å². The summed E-state index contributed by atoms with van der Waals surface area (Å²) in [5, 5.41) is 13.5. The molecule has 2 aromatic heterocycles. The molecule has 2 spiro atoms. The van der Waals surface area contributed by atoms with Crippen LogP contribution in [0.1, 0.15) is 90.2 Å². The Morgan fingerprint density at radius 1 is 0.683 bits per heavy atom. The number of nitrogens with zero attached hydrogens (tertiary/aromatic N) is 2. The lowest BCUT2D eigenvalue weighted by molar-refractivity contribution is -0.137. The predicted molar refractivity (Wildman–Crippen MR) is 228 cm³/mol. The number of likely N-dealkylation sites (tertiary alicyclic amines) is 2. The molecular weight excluding hydrogens is 767 g/mol. The number of H-pyrrole nitrogens is 2. The second kappa shape index (κ2) is 16.2. The number of hydrogen-bond donors (Lipinski definition) is 6. The minimum Gasteiger partial charge on any atom is -0.353 e. The highest BCUT2D eigenvalue weighted by atomic mass is 19.1. The molecule has 322 valence electrons. The summed E-state index contributed by atoms with van der Waals surface area (Å²) >= 11 is 0. The van der Waals surface area contributed by atoms with E-state index in [0.29, 0.717) is 49.8 Å². The van der Waals surface area contributed by atoms with Gasteiger partial charge in [-0.15, -0.1) is 0 Å². The van der Waals surface area contributed by atoms with Crippen LogP contribution in [-0.4, -0.2) is 107 Å². The number of rotatable bonds is 15. The number of aromatic nitrogens is 2. The zero-order chi connectivity index (χ0) is 42.7. The number of hydrogen-bond acceptors (Lipinski definition) is 6. The molecule has 60 heavy (non-hydrogen) atoms. The number of carbonyl (C=O) groups excluding carboxylic acids is 4. The van der Waals surface area contributed by atoms with Crippen molar-refractivity contribution >= 4 is 45.4 Å². The monoisotopic (exact) mass is 826 g/mol. The fraction of sp³-hybridized carbons (Fsp3) is 0.565. The highest BCUT2D eigenvalue weighted by molar-refractivity contribution is 5.97. The first-order valence-electron chi connectivity index (χ1n) is 21.9. The standard InChI is InChI=1S/C46H60F2N8O4/c1-7-35(53-41(57)25(3)49-5)43(59)55-23-45(13-14-45)21-29(55)19-33-31-11-9-27(47)17-37(31)51-39(33)40-34(32-12-10-28(48)18-38(32)52-40)20-30-22-46(15-16-46)24-56(30)44(60)36(8-2)54-42(58)26(4)50-6/h9-12,17-18,25-26,29-30,35-36,49-52H,7-8,13-16,19-24H2,1-6H3,(H,53,57)(H,54,58). The van der Waals surface area contributed by atoms with Crippen LogP contribution in [-0.2, 0) is 32.0 Å². The first-order valence-corrected chi connectivity index (χ1v) is 21.9. The third-order valence-electron chi connectivity index (χ3n) is 14.3. The smallest absolute Gasteiger partial charge is 0.245 e. The minimum atomic E-state index is -0.671. The minimum absolute atomic E-state index is 0.0429. The van der Waals surface area contributed by atoms with Gasteiger partial charge in [0.25, 0.3) is 0 Å². The molecule has 2 aliphatic carbocycles. The molecule has 2 saturated carbocycles. The maximum Gasteiger partial charge on any atom is 0.245 e. The number of benzene rings is 2. The van der Waals surface area contributed by atoms with E-state index in [1.165, 1.54) is 24.3 Å². The fourth-order valence-corrected chi connectivity index (χ4v) is 10.00. The van der Waals surface area contributed by atoms with Crippen LogP contribution in [0.4, 0.5) is 8.78 Å². The molecular formula is C46H60F2N8O4. The van der Waals surface area contributed by atoms with E-state index in [2.05, 4.69) is 31.2 Å². The van der Waals surface area contributed by atoms with Crippen molar-refractivity contribution in [3.63, 3.8) is 0 Å². The summed E-state index contributed by atoms with van der Waals surface area (Å²) in [6.07, 6.45) is 7.63. The van der Waals surface area contributed by atoms with Gasteiger partial charge < -0.3 is 41.0 Å². The third-order valence-corrected chi connectivity index (χ3v) is 14.3. The van der Waals surface area contributed by atoms with Gasteiger partial charge in [-0.3, -0.25) is 19.2 Å². The lowest BCUT2D eigenvalue weighted by atomic mass is 9.92. The van der Waals surface area contributed by atoms with Crippen LogP contribution in [0.5, 0.6) is 0 Å². The number of likely N-dealkylation sites (N-methyl/N-ethyl adjacent to an activating group) is 2.